The molecular formula is C12H15N3. The molecule has 78 valence electrons. The van der Waals surface area contributed by atoms with Gasteiger partial charge in [0.2, 0.25) is 0 Å². The van der Waals surface area contributed by atoms with Gasteiger partial charge < -0.3 is 10.3 Å². The first-order valence-electron chi connectivity index (χ1n) is 5.14. The van der Waals surface area contributed by atoms with E-state index in [0.717, 1.165) is 18.8 Å². The van der Waals surface area contributed by atoms with Gasteiger partial charge in [-0.1, -0.05) is 30.3 Å². The van der Waals surface area contributed by atoms with Crippen LogP contribution in [-0.4, -0.2) is 17.0 Å². The predicted molar refractivity (Wildman–Crippen MR) is 62.0 cm³/mol. The van der Waals surface area contributed by atoms with Crippen molar-refractivity contribution in [3.8, 4) is 0 Å². The van der Waals surface area contributed by atoms with Gasteiger partial charge in [-0.2, -0.15) is 0 Å². The molecule has 0 aliphatic carbocycles. The van der Waals surface area contributed by atoms with Crippen LogP contribution in [0.5, 0.6) is 0 Å². The Hall–Kier alpha value is -1.77. The van der Waals surface area contributed by atoms with Crippen molar-refractivity contribution in [1.29, 1.82) is 0 Å². The number of hydrogen-bond donors (Lipinski definition) is 2. The summed E-state index contributed by atoms with van der Waals surface area (Å²) < 4.78 is 0. The highest BCUT2D eigenvalue weighted by molar-refractivity contribution is 5.25. The average Bonchev–Trinajstić information content (AvgIpc) is 2.76. The zero-order valence-electron chi connectivity index (χ0n) is 8.83. The van der Waals surface area contributed by atoms with Crippen molar-refractivity contribution in [2.75, 3.05) is 12.4 Å². The summed E-state index contributed by atoms with van der Waals surface area (Å²) in [4.78, 5) is 7.39. The molecule has 0 saturated carbocycles. The summed E-state index contributed by atoms with van der Waals surface area (Å²) in [5.74, 6) is 0.832. The maximum atomic E-state index is 4.18. The third kappa shape index (κ3) is 2.59. The minimum absolute atomic E-state index is 0.832. The largest absolute Gasteiger partial charge is 0.359 e. The van der Waals surface area contributed by atoms with Crippen LogP contribution in [0.3, 0.4) is 0 Å². The van der Waals surface area contributed by atoms with E-state index in [1.165, 1.54) is 11.3 Å². The molecule has 2 aromatic rings. The number of aryl methyl sites for hydroxylation is 2. The highest BCUT2D eigenvalue weighted by Gasteiger charge is 1.99. The normalized spacial score (nSPS) is 10.2. The van der Waals surface area contributed by atoms with Crippen LogP contribution in [0.2, 0.25) is 0 Å². The Morgan fingerprint density at radius 2 is 2.00 bits per heavy atom. The molecule has 0 amide bonds. The van der Waals surface area contributed by atoms with Crippen LogP contribution in [0.4, 0.5) is 5.95 Å². The second kappa shape index (κ2) is 4.64. The average molecular weight is 201 g/mol. The Bertz CT molecular complexity index is 406. The summed E-state index contributed by atoms with van der Waals surface area (Å²) in [5.41, 5.74) is 2.53. The molecule has 0 fully saturated rings. The van der Waals surface area contributed by atoms with E-state index < -0.39 is 0 Å². The van der Waals surface area contributed by atoms with Crippen LogP contribution in [0, 0.1) is 0 Å². The van der Waals surface area contributed by atoms with Gasteiger partial charge in [0.15, 0.2) is 5.95 Å². The van der Waals surface area contributed by atoms with E-state index in [2.05, 4.69) is 39.6 Å². The van der Waals surface area contributed by atoms with E-state index in [-0.39, 0.29) is 0 Å². The fourth-order valence-corrected chi connectivity index (χ4v) is 1.54. The van der Waals surface area contributed by atoms with Gasteiger partial charge >= 0.3 is 0 Å². The van der Waals surface area contributed by atoms with Crippen LogP contribution < -0.4 is 5.32 Å². The maximum Gasteiger partial charge on any atom is 0.200 e. The first-order chi connectivity index (χ1) is 7.38. The van der Waals surface area contributed by atoms with E-state index in [1.54, 1.807) is 0 Å². The Morgan fingerprint density at radius 1 is 1.20 bits per heavy atom. The van der Waals surface area contributed by atoms with Crippen molar-refractivity contribution in [3.63, 3.8) is 0 Å². The Morgan fingerprint density at radius 3 is 2.67 bits per heavy atom. The Labute approximate surface area is 89.6 Å². The van der Waals surface area contributed by atoms with E-state index in [9.17, 15) is 0 Å². The zero-order chi connectivity index (χ0) is 10.5. The standard InChI is InChI=1S/C12H15N3/c1-13-12-14-9-11(15-12)8-7-10-5-3-2-4-6-10/h2-6,9H,7-8H2,1H3,(H2,13,14,15). The lowest BCUT2D eigenvalue weighted by molar-refractivity contribution is 0.926. The van der Waals surface area contributed by atoms with Gasteiger partial charge in [-0.3, -0.25) is 0 Å². The van der Waals surface area contributed by atoms with E-state index in [0.29, 0.717) is 0 Å². The summed E-state index contributed by atoms with van der Waals surface area (Å²) in [6.07, 6.45) is 3.93. The number of nitrogens with zero attached hydrogens (tertiary/aromatic N) is 1. The Kier molecular flexibility index (Phi) is 3.02. The number of aromatic amines is 1. The molecule has 3 heteroatoms. The maximum absolute atomic E-state index is 4.18. The number of nitrogens with one attached hydrogen (secondary N) is 2. The number of anilines is 1. The van der Waals surface area contributed by atoms with E-state index in [4.69, 9.17) is 0 Å². The van der Waals surface area contributed by atoms with Crippen LogP contribution in [-0.2, 0) is 12.8 Å². The molecule has 2 rings (SSSR count). The molecule has 0 unspecified atom stereocenters. The molecule has 0 radical (unpaired) electrons. The molecule has 2 N–H and O–H groups in total. The summed E-state index contributed by atoms with van der Waals surface area (Å²) in [5, 5.41) is 2.98. The van der Waals surface area contributed by atoms with Crippen molar-refractivity contribution in [1.82, 2.24) is 9.97 Å². The molecule has 15 heavy (non-hydrogen) atoms. The second-order valence-electron chi connectivity index (χ2n) is 3.49. The SMILES string of the molecule is CNc1ncc(CCc2ccccc2)[nH]1. The van der Waals surface area contributed by atoms with Crippen LogP contribution in [0.15, 0.2) is 36.5 Å². The number of aromatic nitrogens is 2. The molecule has 3 nitrogen and oxygen atoms in total. The monoisotopic (exact) mass is 201 g/mol. The third-order valence-electron chi connectivity index (χ3n) is 2.39. The number of benzene rings is 1. The minimum atomic E-state index is 0.832. The van der Waals surface area contributed by atoms with Crippen molar-refractivity contribution >= 4 is 5.95 Å². The minimum Gasteiger partial charge on any atom is -0.359 e. The van der Waals surface area contributed by atoms with E-state index in [1.807, 2.05) is 19.3 Å². The van der Waals surface area contributed by atoms with Crippen LogP contribution >= 0.6 is 0 Å². The first-order valence-corrected chi connectivity index (χ1v) is 5.14. The van der Waals surface area contributed by atoms with Gasteiger partial charge in [0.1, 0.15) is 0 Å². The molecule has 0 aliphatic rings. The topological polar surface area (TPSA) is 40.7 Å². The fourth-order valence-electron chi connectivity index (χ4n) is 1.54. The summed E-state index contributed by atoms with van der Waals surface area (Å²) in [6.45, 7) is 0. The van der Waals surface area contributed by atoms with Crippen molar-refractivity contribution < 1.29 is 0 Å². The number of imidazole rings is 1. The van der Waals surface area contributed by atoms with Gasteiger partial charge in [0, 0.05) is 12.7 Å². The van der Waals surface area contributed by atoms with Gasteiger partial charge in [-0.25, -0.2) is 4.98 Å². The number of hydrogen-bond acceptors (Lipinski definition) is 2. The van der Waals surface area contributed by atoms with Crippen LogP contribution in [0.1, 0.15) is 11.3 Å². The first kappa shape index (κ1) is 9.77. The predicted octanol–water partition coefficient (Wildman–Crippen LogP) is 2.24. The van der Waals surface area contributed by atoms with Crippen molar-refractivity contribution in [2.45, 2.75) is 12.8 Å². The lowest BCUT2D eigenvalue weighted by atomic mass is 10.1. The summed E-state index contributed by atoms with van der Waals surface area (Å²) in [6, 6.07) is 10.5. The van der Waals surface area contributed by atoms with Crippen molar-refractivity contribution in [2.24, 2.45) is 0 Å². The molecule has 0 saturated heterocycles. The van der Waals surface area contributed by atoms with Gasteiger partial charge in [0.25, 0.3) is 0 Å². The molecule has 1 heterocycles. The molecule has 0 spiro atoms. The second-order valence-corrected chi connectivity index (χ2v) is 3.49. The molecule has 0 atom stereocenters. The smallest absolute Gasteiger partial charge is 0.200 e. The lowest BCUT2D eigenvalue weighted by Gasteiger charge is -1.98. The summed E-state index contributed by atoms with van der Waals surface area (Å²) >= 11 is 0. The van der Waals surface area contributed by atoms with Gasteiger partial charge in [0.05, 0.1) is 6.20 Å². The number of H-pyrrole nitrogens is 1. The molecule has 0 aliphatic heterocycles. The van der Waals surface area contributed by atoms with Gasteiger partial charge in [-0.05, 0) is 18.4 Å². The fraction of sp³-hybridized carbons (Fsp3) is 0.250. The van der Waals surface area contributed by atoms with Crippen molar-refractivity contribution in [3.05, 3.63) is 47.8 Å². The molecule has 1 aromatic heterocycles. The van der Waals surface area contributed by atoms with E-state index >= 15 is 0 Å². The third-order valence-corrected chi connectivity index (χ3v) is 2.39. The molecule has 0 bridgehead atoms. The Balaban J connectivity index is 1.93. The lowest BCUT2D eigenvalue weighted by Crippen LogP contribution is -1.93. The highest BCUT2D eigenvalue weighted by atomic mass is 15.1. The molecule has 1 aromatic carbocycles. The van der Waals surface area contributed by atoms with Crippen LogP contribution in [0.25, 0.3) is 0 Å². The zero-order valence-corrected chi connectivity index (χ0v) is 8.83. The number of rotatable bonds is 4. The molecular weight excluding hydrogens is 186 g/mol. The summed E-state index contributed by atoms with van der Waals surface area (Å²) in [7, 11) is 1.86. The highest BCUT2D eigenvalue weighted by Crippen LogP contribution is 2.07. The quantitative estimate of drug-likeness (QED) is 0.796. The van der Waals surface area contributed by atoms with Gasteiger partial charge in [-0.15, -0.1) is 0 Å².